The highest BCUT2D eigenvalue weighted by atomic mass is 16.7. The van der Waals surface area contributed by atoms with Gasteiger partial charge < -0.3 is 19.5 Å². The predicted octanol–water partition coefficient (Wildman–Crippen LogP) is 0.681. The number of hydrogen-bond donors (Lipinski definition) is 1. The molecule has 0 aliphatic carbocycles. The molecule has 2 rings (SSSR count). The number of hydrogen-bond acceptors (Lipinski definition) is 5. The van der Waals surface area contributed by atoms with Gasteiger partial charge in [-0.2, -0.15) is 0 Å². The Bertz CT molecular complexity index is 177. The fraction of sp³-hybridized carbons (Fsp3) is 0.909. The molecule has 0 amide bonds. The summed E-state index contributed by atoms with van der Waals surface area (Å²) in [5, 5.41) is 3.28. The Hall–Kier alpha value is -0.650. The van der Waals surface area contributed by atoms with Crippen molar-refractivity contribution in [2.75, 3.05) is 26.8 Å². The van der Waals surface area contributed by atoms with E-state index in [4.69, 9.17) is 14.3 Å². The minimum atomic E-state index is 0.0867. The van der Waals surface area contributed by atoms with Crippen molar-refractivity contribution < 1.29 is 19.0 Å². The molecule has 94 valence electrons. The van der Waals surface area contributed by atoms with Gasteiger partial charge in [0.1, 0.15) is 0 Å². The first-order valence-corrected chi connectivity index (χ1v) is 5.81. The molecule has 2 saturated heterocycles. The molecular weight excluding hydrogens is 210 g/mol. The van der Waals surface area contributed by atoms with Crippen LogP contribution in [0.4, 0.5) is 0 Å². The zero-order valence-electron chi connectivity index (χ0n) is 9.81. The zero-order chi connectivity index (χ0) is 11.6. The molecule has 5 nitrogen and oxygen atoms in total. The summed E-state index contributed by atoms with van der Waals surface area (Å²) in [5.41, 5.74) is 0. The highest BCUT2D eigenvalue weighted by Crippen LogP contribution is 2.17. The Balaban J connectivity index is 0.000000280. The molecule has 2 aliphatic heterocycles. The maximum atomic E-state index is 8.95. The van der Waals surface area contributed by atoms with Gasteiger partial charge in [-0.25, -0.2) is 0 Å². The lowest BCUT2D eigenvalue weighted by molar-refractivity contribution is -0.183. The van der Waals surface area contributed by atoms with Crippen LogP contribution < -0.4 is 5.32 Å². The fourth-order valence-corrected chi connectivity index (χ4v) is 1.78. The molecule has 0 spiro atoms. The smallest absolute Gasteiger partial charge is 0.292 e. The molecule has 2 atom stereocenters. The van der Waals surface area contributed by atoms with Crippen molar-refractivity contribution in [3.8, 4) is 0 Å². The Morgan fingerprint density at radius 1 is 1.38 bits per heavy atom. The van der Waals surface area contributed by atoms with E-state index in [1.165, 1.54) is 20.0 Å². The molecule has 0 saturated carbocycles. The quantitative estimate of drug-likeness (QED) is 0.724. The van der Waals surface area contributed by atoms with Gasteiger partial charge in [0, 0.05) is 13.2 Å². The van der Waals surface area contributed by atoms with E-state index < -0.39 is 0 Å². The Morgan fingerprint density at radius 2 is 2.19 bits per heavy atom. The lowest BCUT2D eigenvalue weighted by Gasteiger charge is -2.25. The molecular formula is C11H21NO4. The van der Waals surface area contributed by atoms with E-state index >= 15 is 0 Å². The van der Waals surface area contributed by atoms with Gasteiger partial charge in [-0.3, -0.25) is 4.79 Å². The number of carbonyl (C=O) groups excluding carboxylic acids is 1. The highest BCUT2D eigenvalue weighted by Gasteiger charge is 2.21. The van der Waals surface area contributed by atoms with E-state index in [1.54, 1.807) is 0 Å². The lowest BCUT2D eigenvalue weighted by Crippen LogP contribution is -2.29. The largest absolute Gasteiger partial charge is 0.471 e. The molecule has 2 aliphatic rings. The van der Waals surface area contributed by atoms with Crippen molar-refractivity contribution in [3.05, 3.63) is 0 Å². The number of nitrogens with one attached hydrogen (secondary N) is 1. The zero-order valence-corrected chi connectivity index (χ0v) is 9.81. The van der Waals surface area contributed by atoms with Gasteiger partial charge in [-0.15, -0.1) is 0 Å². The van der Waals surface area contributed by atoms with Crippen LogP contribution in [0.15, 0.2) is 0 Å². The van der Waals surface area contributed by atoms with E-state index in [0.717, 1.165) is 32.5 Å². The minimum Gasteiger partial charge on any atom is -0.471 e. The second-order valence-electron chi connectivity index (χ2n) is 3.88. The first-order valence-electron chi connectivity index (χ1n) is 5.81. The second-order valence-corrected chi connectivity index (χ2v) is 3.88. The molecule has 1 N–H and O–H groups in total. The molecule has 2 fully saturated rings. The van der Waals surface area contributed by atoms with Gasteiger partial charge in [-0.1, -0.05) is 0 Å². The van der Waals surface area contributed by atoms with Gasteiger partial charge in [0.25, 0.3) is 6.47 Å². The van der Waals surface area contributed by atoms with E-state index in [9.17, 15) is 0 Å². The molecule has 0 aromatic heterocycles. The molecule has 16 heavy (non-hydrogen) atoms. The molecule has 0 aromatic rings. The minimum absolute atomic E-state index is 0.0867. The molecule has 2 heterocycles. The van der Waals surface area contributed by atoms with E-state index in [-0.39, 0.29) is 6.29 Å². The van der Waals surface area contributed by atoms with Crippen molar-refractivity contribution in [2.45, 2.75) is 38.1 Å². The molecule has 2 unspecified atom stereocenters. The van der Waals surface area contributed by atoms with Crippen LogP contribution in [0.2, 0.25) is 0 Å². The Morgan fingerprint density at radius 3 is 2.69 bits per heavy atom. The van der Waals surface area contributed by atoms with Crippen LogP contribution in [0.25, 0.3) is 0 Å². The van der Waals surface area contributed by atoms with Gasteiger partial charge in [0.05, 0.1) is 13.2 Å². The summed E-state index contributed by atoms with van der Waals surface area (Å²) in [5.74, 6) is 0. The van der Waals surface area contributed by atoms with Crippen LogP contribution in [-0.4, -0.2) is 45.7 Å². The van der Waals surface area contributed by atoms with Crippen LogP contribution in [-0.2, 0) is 19.0 Å². The van der Waals surface area contributed by atoms with Crippen LogP contribution >= 0.6 is 0 Å². The van der Waals surface area contributed by atoms with Gasteiger partial charge >= 0.3 is 0 Å². The fourth-order valence-electron chi connectivity index (χ4n) is 1.78. The Labute approximate surface area is 96.4 Å². The van der Waals surface area contributed by atoms with Crippen molar-refractivity contribution in [1.82, 2.24) is 5.32 Å². The average Bonchev–Trinajstić information content (AvgIpc) is 2.84. The van der Waals surface area contributed by atoms with Crippen LogP contribution in [0.1, 0.15) is 25.7 Å². The Kier molecular flexibility index (Phi) is 7.12. The van der Waals surface area contributed by atoms with E-state index in [0.29, 0.717) is 12.6 Å². The summed E-state index contributed by atoms with van der Waals surface area (Å²) >= 11 is 0. The predicted molar refractivity (Wildman–Crippen MR) is 59.0 cm³/mol. The van der Waals surface area contributed by atoms with E-state index in [2.05, 4.69) is 10.1 Å². The maximum absolute atomic E-state index is 8.95. The third-order valence-electron chi connectivity index (χ3n) is 2.59. The van der Waals surface area contributed by atoms with Gasteiger partial charge in [-0.05, 0) is 32.2 Å². The lowest BCUT2D eigenvalue weighted by atomic mass is 10.2. The van der Waals surface area contributed by atoms with E-state index in [1.807, 2.05) is 0 Å². The third-order valence-corrected chi connectivity index (χ3v) is 2.59. The summed E-state index contributed by atoms with van der Waals surface area (Å²) in [4.78, 5) is 8.95. The summed E-state index contributed by atoms with van der Waals surface area (Å²) in [7, 11) is 1.31. The number of methoxy groups -OCH3 is 1. The molecule has 0 aromatic carbocycles. The number of carbonyl (C=O) groups is 1. The standard InChI is InChI=1S/C9H17NO2.C2H4O2/c1-2-6-11-9(3-1)12-8-4-5-10-7-8;1-4-2-3/h8-10H,1-7H2;2H,1H3. The van der Waals surface area contributed by atoms with Crippen molar-refractivity contribution in [3.63, 3.8) is 0 Å². The number of rotatable bonds is 3. The summed E-state index contributed by atoms with van der Waals surface area (Å²) in [6.45, 7) is 3.35. The molecule has 5 heteroatoms. The first kappa shape index (κ1) is 13.4. The monoisotopic (exact) mass is 231 g/mol. The summed E-state index contributed by atoms with van der Waals surface area (Å²) in [6.07, 6.45) is 5.15. The van der Waals surface area contributed by atoms with Gasteiger partial charge in [0.2, 0.25) is 0 Å². The average molecular weight is 231 g/mol. The van der Waals surface area contributed by atoms with Crippen molar-refractivity contribution >= 4 is 6.47 Å². The maximum Gasteiger partial charge on any atom is 0.292 e. The normalized spacial score (nSPS) is 29.1. The van der Waals surface area contributed by atoms with Crippen LogP contribution in [0, 0.1) is 0 Å². The SMILES string of the molecule is C1CCC(OC2CCNC2)OC1.COC=O. The number of ether oxygens (including phenoxy) is 3. The first-order chi connectivity index (χ1) is 7.86. The topological polar surface area (TPSA) is 56.8 Å². The second kappa shape index (κ2) is 8.50. The summed E-state index contributed by atoms with van der Waals surface area (Å²) in [6, 6.07) is 0. The molecule has 0 bridgehead atoms. The molecule has 0 radical (unpaired) electrons. The van der Waals surface area contributed by atoms with Crippen LogP contribution in [0.3, 0.4) is 0 Å². The third kappa shape index (κ3) is 5.44. The van der Waals surface area contributed by atoms with Crippen molar-refractivity contribution in [1.29, 1.82) is 0 Å². The summed E-state index contributed by atoms with van der Waals surface area (Å²) < 4.78 is 15.1. The van der Waals surface area contributed by atoms with Crippen LogP contribution in [0.5, 0.6) is 0 Å². The van der Waals surface area contributed by atoms with Crippen molar-refractivity contribution in [2.24, 2.45) is 0 Å². The van der Waals surface area contributed by atoms with Gasteiger partial charge in [0.15, 0.2) is 6.29 Å². The highest BCUT2D eigenvalue weighted by molar-refractivity contribution is 5.36.